The lowest BCUT2D eigenvalue weighted by Gasteiger charge is -2.20. The van der Waals surface area contributed by atoms with Crippen LogP contribution < -0.4 is 9.30 Å². The van der Waals surface area contributed by atoms with Crippen LogP contribution in [0.3, 0.4) is 0 Å². The Kier molecular flexibility index (Phi) is 7.28. The molecule has 0 saturated carbocycles. The van der Waals surface area contributed by atoms with E-state index in [1.807, 2.05) is 52.0 Å². The van der Waals surface area contributed by atoms with Crippen molar-refractivity contribution < 1.29 is 9.30 Å². The molecule has 4 aromatic carbocycles. The number of aromatic nitrogens is 4. The molecule has 0 aliphatic rings. The third kappa shape index (κ3) is 5.93. The van der Waals surface area contributed by atoms with Crippen LogP contribution in [0.15, 0.2) is 122 Å². The van der Waals surface area contributed by atoms with Gasteiger partial charge in [-0.1, -0.05) is 77.9 Å². The Morgan fingerprint density at radius 1 is 0.739 bits per heavy atom. The molecule has 3 heterocycles. The van der Waals surface area contributed by atoms with Crippen molar-refractivity contribution in [1.82, 2.24) is 14.1 Å². The molecule has 0 spiro atoms. The van der Waals surface area contributed by atoms with E-state index in [0.717, 1.165) is 51.5 Å². The number of ether oxygens (including phenoxy) is 1. The Bertz CT molecular complexity index is 2170. The fraction of sp³-hybridized carbons (Fsp3) is 0.220. The minimum Gasteiger partial charge on any atom is -0.458 e. The molecule has 3 aromatic heterocycles. The van der Waals surface area contributed by atoms with Gasteiger partial charge in [0.05, 0.1) is 22.4 Å². The van der Waals surface area contributed by atoms with Crippen LogP contribution in [0, 0.1) is 11.7 Å². The average Bonchev–Trinajstić information content (AvgIpc) is 3.64. The second-order valence-electron chi connectivity index (χ2n) is 14.3. The van der Waals surface area contributed by atoms with Gasteiger partial charge in [0.2, 0.25) is 0 Å². The van der Waals surface area contributed by atoms with Crippen molar-refractivity contribution in [2.24, 2.45) is 5.41 Å². The van der Waals surface area contributed by atoms with Crippen molar-refractivity contribution in [1.29, 1.82) is 0 Å². The zero-order chi connectivity index (χ0) is 32.1. The van der Waals surface area contributed by atoms with E-state index < -0.39 is 0 Å². The number of fused-ring (bicyclic) bond motifs is 3. The molecule has 0 atom stereocenters. The van der Waals surface area contributed by atoms with Crippen LogP contribution in [0.4, 0.5) is 0 Å². The molecule has 46 heavy (non-hydrogen) atoms. The van der Waals surface area contributed by atoms with Gasteiger partial charge < -0.3 is 4.74 Å². The summed E-state index contributed by atoms with van der Waals surface area (Å²) in [6.07, 6.45) is 10.5. The molecule has 0 fully saturated rings. The van der Waals surface area contributed by atoms with Gasteiger partial charge in [0.1, 0.15) is 17.3 Å². The summed E-state index contributed by atoms with van der Waals surface area (Å²) in [5.41, 5.74) is 7.09. The van der Waals surface area contributed by atoms with Crippen LogP contribution in [0.5, 0.6) is 11.5 Å². The second kappa shape index (κ2) is 11.3. The van der Waals surface area contributed by atoms with E-state index in [4.69, 9.17) is 9.72 Å². The van der Waals surface area contributed by atoms with Gasteiger partial charge in [-0.15, -0.1) is 0 Å². The first-order chi connectivity index (χ1) is 22.0. The minimum absolute atomic E-state index is 0.0167. The van der Waals surface area contributed by atoms with E-state index in [0.29, 0.717) is 0 Å². The van der Waals surface area contributed by atoms with Crippen molar-refractivity contribution in [3.63, 3.8) is 0 Å². The SMILES string of the molecule is CC(C)(C)Cc1ccc(-[n+]2[c-]n(-c3cccc(Oc4ccc5c6ccccc6n(-c6cc(C(C)(C)C)ccn6)c5c4)c3)cc2)cc1. The molecule has 5 heteroatoms. The monoisotopic (exact) mass is 604 g/mol. The van der Waals surface area contributed by atoms with Gasteiger partial charge in [0.25, 0.3) is 6.33 Å². The molecule has 0 unspecified atom stereocenters. The highest BCUT2D eigenvalue weighted by atomic mass is 16.5. The van der Waals surface area contributed by atoms with Crippen molar-refractivity contribution in [2.45, 2.75) is 53.4 Å². The molecule has 5 nitrogen and oxygen atoms in total. The molecule has 0 N–H and O–H groups in total. The van der Waals surface area contributed by atoms with E-state index >= 15 is 0 Å². The summed E-state index contributed by atoms with van der Waals surface area (Å²) >= 11 is 0. The summed E-state index contributed by atoms with van der Waals surface area (Å²) in [6.45, 7) is 13.5. The molecule has 0 amide bonds. The quantitative estimate of drug-likeness (QED) is 0.140. The fourth-order valence-corrected chi connectivity index (χ4v) is 6.09. The maximum atomic E-state index is 6.49. The average molecular weight is 605 g/mol. The Morgan fingerprint density at radius 3 is 2.28 bits per heavy atom. The predicted octanol–water partition coefficient (Wildman–Crippen LogP) is 9.72. The number of benzene rings is 4. The highest BCUT2D eigenvalue weighted by Gasteiger charge is 2.18. The van der Waals surface area contributed by atoms with Crippen LogP contribution >= 0.6 is 0 Å². The van der Waals surface area contributed by atoms with Gasteiger partial charge in [-0.3, -0.25) is 13.7 Å². The predicted molar refractivity (Wildman–Crippen MR) is 187 cm³/mol. The standard InChI is InChI=1S/C41H40N4O/c1-40(2,3)27-29-14-16-31(17-15-29)43-22-23-44(28-43)32-10-9-11-33(25-32)46-34-18-19-36-35-12-7-8-13-37(35)45(38(36)26-34)39-24-30(20-21-42-39)41(4,5)6/h7-26H,27H2,1-6H3. The lowest BCUT2D eigenvalue weighted by Crippen LogP contribution is -2.28. The lowest BCUT2D eigenvalue weighted by atomic mass is 9.88. The number of hydrogen-bond acceptors (Lipinski definition) is 2. The number of imidazole rings is 1. The van der Waals surface area contributed by atoms with E-state index in [9.17, 15) is 0 Å². The van der Waals surface area contributed by atoms with Gasteiger partial charge >= 0.3 is 0 Å². The summed E-state index contributed by atoms with van der Waals surface area (Å²) in [5.74, 6) is 2.42. The third-order valence-corrected chi connectivity index (χ3v) is 8.35. The summed E-state index contributed by atoms with van der Waals surface area (Å²) < 4.78 is 12.7. The lowest BCUT2D eigenvalue weighted by molar-refractivity contribution is -0.599. The summed E-state index contributed by atoms with van der Waals surface area (Å²) in [6, 6.07) is 36.0. The Labute approximate surface area is 271 Å². The van der Waals surface area contributed by atoms with Crippen molar-refractivity contribution in [2.75, 3.05) is 0 Å². The molecule has 0 saturated heterocycles. The zero-order valence-electron chi connectivity index (χ0n) is 27.5. The number of para-hydroxylation sites is 1. The number of pyridine rings is 1. The van der Waals surface area contributed by atoms with Gasteiger partial charge in [-0.05, 0) is 89.0 Å². The molecule has 0 aliphatic carbocycles. The summed E-state index contributed by atoms with van der Waals surface area (Å²) in [7, 11) is 0. The largest absolute Gasteiger partial charge is 0.458 e. The van der Waals surface area contributed by atoms with Crippen LogP contribution in [-0.2, 0) is 11.8 Å². The Morgan fingerprint density at radius 2 is 1.50 bits per heavy atom. The normalized spacial score (nSPS) is 12.2. The van der Waals surface area contributed by atoms with Gasteiger partial charge in [-0.2, -0.15) is 0 Å². The van der Waals surface area contributed by atoms with Crippen LogP contribution in [0.1, 0.15) is 52.7 Å². The highest BCUT2D eigenvalue weighted by molar-refractivity contribution is 6.09. The topological polar surface area (TPSA) is 35.9 Å². The fourth-order valence-electron chi connectivity index (χ4n) is 6.09. The number of hydrogen-bond donors (Lipinski definition) is 0. The zero-order valence-corrected chi connectivity index (χ0v) is 27.5. The summed E-state index contributed by atoms with van der Waals surface area (Å²) in [5, 5.41) is 2.35. The van der Waals surface area contributed by atoms with Crippen LogP contribution in [0.2, 0.25) is 0 Å². The third-order valence-electron chi connectivity index (χ3n) is 8.35. The van der Waals surface area contributed by atoms with Gasteiger partial charge in [0.15, 0.2) is 0 Å². The first-order valence-electron chi connectivity index (χ1n) is 15.9. The molecule has 0 aliphatic heterocycles. The first kappa shape index (κ1) is 29.5. The molecule has 0 radical (unpaired) electrons. The first-order valence-corrected chi connectivity index (χ1v) is 15.9. The van der Waals surface area contributed by atoms with E-state index in [1.54, 1.807) is 0 Å². The van der Waals surface area contributed by atoms with Crippen LogP contribution in [-0.4, -0.2) is 14.1 Å². The number of rotatable bonds is 6. The second-order valence-corrected chi connectivity index (χ2v) is 14.3. The van der Waals surface area contributed by atoms with E-state index in [-0.39, 0.29) is 10.8 Å². The Balaban J connectivity index is 1.19. The van der Waals surface area contributed by atoms with Crippen molar-refractivity contribution >= 4 is 21.8 Å². The maximum Gasteiger partial charge on any atom is 0.268 e. The van der Waals surface area contributed by atoms with Crippen LogP contribution in [0.25, 0.3) is 39.0 Å². The Hall–Kier alpha value is -5.16. The molecular formula is C41H40N4O. The minimum atomic E-state index is 0.0167. The van der Waals surface area contributed by atoms with E-state index in [1.165, 1.54) is 16.5 Å². The van der Waals surface area contributed by atoms with E-state index in [2.05, 4.69) is 131 Å². The maximum absolute atomic E-state index is 6.49. The molecule has 230 valence electrons. The summed E-state index contributed by atoms with van der Waals surface area (Å²) in [4.78, 5) is 4.81. The van der Waals surface area contributed by atoms with Crippen molar-refractivity contribution in [3.05, 3.63) is 139 Å². The number of nitrogens with zero attached hydrogens (tertiary/aromatic N) is 4. The smallest absolute Gasteiger partial charge is 0.268 e. The molecule has 7 rings (SSSR count). The highest BCUT2D eigenvalue weighted by Crippen LogP contribution is 2.36. The van der Waals surface area contributed by atoms with Gasteiger partial charge in [-0.25, -0.2) is 4.98 Å². The molecular weight excluding hydrogens is 564 g/mol. The van der Waals surface area contributed by atoms with Gasteiger partial charge in [0, 0.05) is 35.4 Å². The molecule has 7 aromatic rings. The van der Waals surface area contributed by atoms with Crippen molar-refractivity contribution in [3.8, 4) is 28.7 Å². The molecule has 0 bridgehead atoms.